The average molecular weight is 254 g/mol. The molecule has 1 rings (SSSR count). The molecular weight excluding hydrogens is 231 g/mol. The van der Waals surface area contributed by atoms with E-state index in [-0.39, 0.29) is 5.82 Å². The number of methoxy groups -OCH3 is 1. The highest BCUT2D eigenvalue weighted by atomic mass is 19.1. The van der Waals surface area contributed by atoms with E-state index in [1.807, 2.05) is 0 Å². The third-order valence-corrected chi connectivity index (χ3v) is 2.71. The smallest absolute Gasteiger partial charge is 0.129 e. The topological polar surface area (TPSA) is 38.5 Å². The average Bonchev–Trinajstić information content (AvgIpc) is 2.29. The van der Waals surface area contributed by atoms with Crippen LogP contribution in [0.5, 0.6) is 0 Å². The Labute approximate surface area is 109 Å². The number of nitrogens with zero attached hydrogens (tertiary/aromatic N) is 1. The number of nitrogen functional groups attached to an aromatic ring is 1. The zero-order valence-corrected chi connectivity index (χ0v) is 11.4. The van der Waals surface area contributed by atoms with Gasteiger partial charge in [-0.2, -0.15) is 0 Å². The van der Waals surface area contributed by atoms with Crippen LogP contribution in [0.3, 0.4) is 0 Å². The Morgan fingerprint density at radius 3 is 2.67 bits per heavy atom. The van der Waals surface area contributed by atoms with E-state index >= 15 is 0 Å². The quantitative estimate of drug-likeness (QED) is 0.760. The Kier molecular flexibility index (Phi) is 6.09. The van der Waals surface area contributed by atoms with Crippen LogP contribution < -0.4 is 5.73 Å². The molecule has 4 heteroatoms. The molecule has 0 saturated carbocycles. The van der Waals surface area contributed by atoms with Gasteiger partial charge in [-0.15, -0.1) is 0 Å². The van der Waals surface area contributed by atoms with Gasteiger partial charge in [-0.3, -0.25) is 4.90 Å². The molecule has 0 radical (unpaired) electrons. The lowest BCUT2D eigenvalue weighted by Crippen LogP contribution is -2.31. The van der Waals surface area contributed by atoms with Crippen LogP contribution in [0, 0.1) is 11.7 Å². The zero-order chi connectivity index (χ0) is 13.5. The van der Waals surface area contributed by atoms with Crippen LogP contribution in [0.15, 0.2) is 18.2 Å². The summed E-state index contributed by atoms with van der Waals surface area (Å²) >= 11 is 0. The molecule has 0 saturated heterocycles. The second kappa shape index (κ2) is 7.34. The van der Waals surface area contributed by atoms with E-state index in [0.717, 1.165) is 13.1 Å². The van der Waals surface area contributed by atoms with Gasteiger partial charge in [0.25, 0.3) is 0 Å². The maximum atomic E-state index is 13.7. The van der Waals surface area contributed by atoms with E-state index in [9.17, 15) is 4.39 Å². The van der Waals surface area contributed by atoms with Gasteiger partial charge >= 0.3 is 0 Å². The van der Waals surface area contributed by atoms with Crippen LogP contribution in [-0.4, -0.2) is 31.7 Å². The first-order valence-electron chi connectivity index (χ1n) is 6.28. The number of nitrogens with two attached hydrogens (primary N) is 1. The van der Waals surface area contributed by atoms with Crippen LogP contribution in [0.2, 0.25) is 0 Å². The highest BCUT2D eigenvalue weighted by Crippen LogP contribution is 2.14. The largest absolute Gasteiger partial charge is 0.399 e. The maximum Gasteiger partial charge on any atom is 0.129 e. The minimum atomic E-state index is -0.235. The molecule has 1 aromatic rings. The molecule has 0 amide bonds. The normalized spacial score (nSPS) is 11.4. The van der Waals surface area contributed by atoms with Gasteiger partial charge in [0, 0.05) is 38.0 Å². The van der Waals surface area contributed by atoms with E-state index in [1.165, 1.54) is 6.07 Å². The monoisotopic (exact) mass is 254 g/mol. The number of halogens is 1. The molecule has 0 aliphatic heterocycles. The number of anilines is 1. The van der Waals surface area contributed by atoms with E-state index < -0.39 is 0 Å². The first-order valence-corrected chi connectivity index (χ1v) is 6.28. The Morgan fingerprint density at radius 1 is 1.39 bits per heavy atom. The van der Waals surface area contributed by atoms with Crippen molar-refractivity contribution in [2.75, 3.05) is 32.5 Å². The maximum absolute atomic E-state index is 13.7. The highest BCUT2D eigenvalue weighted by Gasteiger charge is 2.11. The van der Waals surface area contributed by atoms with Gasteiger partial charge in [-0.1, -0.05) is 19.9 Å². The summed E-state index contributed by atoms with van der Waals surface area (Å²) in [6.45, 7) is 7.28. The Hall–Kier alpha value is -1.13. The first-order chi connectivity index (χ1) is 8.52. The van der Waals surface area contributed by atoms with Crippen LogP contribution in [0.1, 0.15) is 19.4 Å². The molecule has 18 heavy (non-hydrogen) atoms. The number of benzene rings is 1. The second-order valence-electron chi connectivity index (χ2n) is 4.97. The first kappa shape index (κ1) is 14.9. The summed E-state index contributed by atoms with van der Waals surface area (Å²) in [6.07, 6.45) is 0. The summed E-state index contributed by atoms with van der Waals surface area (Å²) in [4.78, 5) is 2.20. The molecule has 1 aromatic carbocycles. The summed E-state index contributed by atoms with van der Waals surface area (Å²) in [5.41, 5.74) is 6.69. The molecule has 0 aromatic heterocycles. The lowest BCUT2D eigenvalue weighted by Gasteiger charge is -2.24. The molecule has 0 unspecified atom stereocenters. The predicted molar refractivity (Wildman–Crippen MR) is 72.8 cm³/mol. The summed E-state index contributed by atoms with van der Waals surface area (Å²) in [7, 11) is 1.68. The van der Waals surface area contributed by atoms with Crippen LogP contribution in [0.25, 0.3) is 0 Å². The van der Waals surface area contributed by atoms with Gasteiger partial charge in [0.2, 0.25) is 0 Å². The lowest BCUT2D eigenvalue weighted by molar-refractivity contribution is 0.135. The van der Waals surface area contributed by atoms with Crippen molar-refractivity contribution in [1.82, 2.24) is 4.90 Å². The number of hydrogen-bond donors (Lipinski definition) is 1. The minimum absolute atomic E-state index is 0.235. The van der Waals surface area contributed by atoms with Gasteiger partial charge in [-0.05, 0) is 18.1 Å². The molecule has 0 heterocycles. The van der Waals surface area contributed by atoms with Crippen molar-refractivity contribution in [1.29, 1.82) is 0 Å². The lowest BCUT2D eigenvalue weighted by atomic mass is 10.1. The van der Waals surface area contributed by atoms with Crippen LogP contribution >= 0.6 is 0 Å². The summed E-state index contributed by atoms with van der Waals surface area (Å²) < 4.78 is 18.8. The SMILES string of the molecule is COCCN(Cc1ccc(N)cc1F)CC(C)C. The van der Waals surface area contributed by atoms with Crippen molar-refractivity contribution in [2.24, 2.45) is 5.92 Å². The summed E-state index contributed by atoms with van der Waals surface area (Å²) in [6, 6.07) is 4.87. The van der Waals surface area contributed by atoms with E-state index in [1.54, 1.807) is 19.2 Å². The standard InChI is InChI=1S/C14H23FN2O/c1-11(2)9-17(6-7-18-3)10-12-4-5-13(16)8-14(12)15/h4-5,8,11H,6-7,9-10,16H2,1-3H3. The second-order valence-corrected chi connectivity index (χ2v) is 4.97. The van der Waals surface area contributed by atoms with Crippen molar-refractivity contribution in [3.63, 3.8) is 0 Å². The molecule has 0 aliphatic rings. The van der Waals surface area contributed by atoms with Gasteiger partial charge in [0.15, 0.2) is 0 Å². The van der Waals surface area contributed by atoms with Gasteiger partial charge in [0.05, 0.1) is 6.61 Å². The van der Waals surface area contributed by atoms with Gasteiger partial charge < -0.3 is 10.5 Å². The van der Waals surface area contributed by atoms with E-state index in [0.29, 0.717) is 30.3 Å². The highest BCUT2D eigenvalue weighted by molar-refractivity contribution is 5.40. The minimum Gasteiger partial charge on any atom is -0.399 e. The van der Waals surface area contributed by atoms with Crippen molar-refractivity contribution in [3.05, 3.63) is 29.6 Å². The number of hydrogen-bond acceptors (Lipinski definition) is 3. The van der Waals surface area contributed by atoms with Gasteiger partial charge in [-0.25, -0.2) is 4.39 Å². The fraction of sp³-hybridized carbons (Fsp3) is 0.571. The molecule has 0 bridgehead atoms. The molecule has 0 spiro atoms. The Bertz CT molecular complexity index is 369. The fourth-order valence-corrected chi connectivity index (χ4v) is 1.90. The molecule has 0 atom stereocenters. The molecule has 3 nitrogen and oxygen atoms in total. The Balaban J connectivity index is 2.68. The summed E-state index contributed by atoms with van der Waals surface area (Å²) in [5.74, 6) is 0.305. The van der Waals surface area contributed by atoms with Crippen LogP contribution in [-0.2, 0) is 11.3 Å². The van der Waals surface area contributed by atoms with Gasteiger partial charge in [0.1, 0.15) is 5.82 Å². The molecule has 0 aliphatic carbocycles. The van der Waals surface area contributed by atoms with Crippen molar-refractivity contribution in [2.45, 2.75) is 20.4 Å². The van der Waals surface area contributed by atoms with E-state index in [2.05, 4.69) is 18.7 Å². The predicted octanol–water partition coefficient (Wildman–Crippen LogP) is 2.51. The fourth-order valence-electron chi connectivity index (χ4n) is 1.90. The van der Waals surface area contributed by atoms with Crippen molar-refractivity contribution >= 4 is 5.69 Å². The van der Waals surface area contributed by atoms with E-state index in [4.69, 9.17) is 10.5 Å². The molecule has 0 fully saturated rings. The third kappa shape index (κ3) is 5.02. The summed E-state index contributed by atoms with van der Waals surface area (Å²) in [5, 5.41) is 0. The zero-order valence-electron chi connectivity index (χ0n) is 11.4. The Morgan fingerprint density at radius 2 is 2.11 bits per heavy atom. The number of ether oxygens (including phenoxy) is 1. The van der Waals surface area contributed by atoms with Crippen molar-refractivity contribution < 1.29 is 9.13 Å². The molecule has 102 valence electrons. The van der Waals surface area contributed by atoms with Crippen LogP contribution in [0.4, 0.5) is 10.1 Å². The molecule has 2 N–H and O–H groups in total. The molecular formula is C14H23FN2O. The number of rotatable bonds is 7. The van der Waals surface area contributed by atoms with Crippen molar-refractivity contribution in [3.8, 4) is 0 Å². The third-order valence-electron chi connectivity index (χ3n) is 2.71.